The maximum Gasteiger partial charge on any atom is 0.433 e. The second-order valence-corrected chi connectivity index (χ2v) is 3.89. The molecule has 2 nitrogen and oxygen atoms in total. The first kappa shape index (κ1) is 14.6. The van der Waals surface area contributed by atoms with Crippen molar-refractivity contribution in [2.24, 2.45) is 4.99 Å². The molecule has 100 valence electrons. The molecule has 1 heterocycles. The summed E-state index contributed by atoms with van der Waals surface area (Å²) in [6.45, 7) is 3.29. The molecule has 0 radical (unpaired) electrons. The summed E-state index contributed by atoms with van der Waals surface area (Å²) in [5, 5.41) is 0. The maximum atomic E-state index is 13.3. The second-order valence-electron chi connectivity index (χ2n) is 3.89. The summed E-state index contributed by atoms with van der Waals surface area (Å²) >= 11 is 0. The van der Waals surface area contributed by atoms with Crippen molar-refractivity contribution < 1.29 is 17.6 Å². The van der Waals surface area contributed by atoms with Crippen LogP contribution in [0.4, 0.5) is 23.2 Å². The van der Waals surface area contributed by atoms with Gasteiger partial charge < -0.3 is 0 Å². The number of nitrogens with zero attached hydrogens (tertiary/aromatic N) is 2. The lowest BCUT2D eigenvalue weighted by Crippen LogP contribution is -2.08. The predicted octanol–water partition coefficient (Wildman–Crippen LogP) is 4.60. The van der Waals surface area contributed by atoms with Crippen molar-refractivity contribution in [1.82, 2.24) is 4.98 Å². The van der Waals surface area contributed by atoms with E-state index < -0.39 is 17.8 Å². The van der Waals surface area contributed by atoms with Crippen LogP contribution in [0.1, 0.15) is 37.6 Å². The van der Waals surface area contributed by atoms with Gasteiger partial charge in [-0.2, -0.15) is 17.6 Å². The number of aliphatic imine (C=N–C) groups is 1. The van der Waals surface area contributed by atoms with Gasteiger partial charge in [0.15, 0.2) is 5.97 Å². The van der Waals surface area contributed by atoms with Crippen LogP contribution in [-0.2, 0) is 6.18 Å². The summed E-state index contributed by atoms with van der Waals surface area (Å²) in [4.78, 5) is 7.02. The van der Waals surface area contributed by atoms with Crippen LogP contribution in [0.2, 0.25) is 0 Å². The summed E-state index contributed by atoms with van der Waals surface area (Å²) in [5.41, 5.74) is -0.791. The Hall–Kier alpha value is -1.46. The molecule has 0 bridgehead atoms. The molecule has 0 unspecified atom stereocenters. The van der Waals surface area contributed by atoms with Crippen LogP contribution < -0.4 is 0 Å². The van der Waals surface area contributed by atoms with E-state index in [4.69, 9.17) is 0 Å². The molecule has 1 rings (SSSR count). The number of halogens is 4. The average molecular weight is 262 g/mol. The number of rotatable bonds is 4. The minimum Gasteiger partial charge on any atom is -0.246 e. The third-order valence-corrected chi connectivity index (χ3v) is 2.33. The minimum atomic E-state index is -4.49. The zero-order valence-electron chi connectivity index (χ0n) is 10.2. The lowest BCUT2D eigenvalue weighted by molar-refractivity contribution is -0.141. The van der Waals surface area contributed by atoms with Crippen LogP contribution in [0, 0.1) is 6.92 Å². The van der Waals surface area contributed by atoms with E-state index in [-0.39, 0.29) is 17.8 Å². The Morgan fingerprint density at radius 3 is 2.50 bits per heavy atom. The topological polar surface area (TPSA) is 25.2 Å². The standard InChI is InChI=1S/C12H14F4N2/c1-3-4-5-11(13)18-9-6-7-10(12(14,15)16)17-8(9)2/h6-7H,3-5H2,1-2H3. The number of hydrogen-bond donors (Lipinski definition) is 0. The zero-order chi connectivity index (χ0) is 13.8. The van der Waals surface area contributed by atoms with Gasteiger partial charge in [0.25, 0.3) is 0 Å². The molecule has 6 heteroatoms. The molecular weight excluding hydrogens is 248 g/mol. The van der Waals surface area contributed by atoms with E-state index in [0.717, 1.165) is 18.6 Å². The number of aromatic nitrogens is 1. The molecule has 18 heavy (non-hydrogen) atoms. The van der Waals surface area contributed by atoms with Crippen LogP contribution >= 0.6 is 0 Å². The minimum absolute atomic E-state index is 0.0662. The van der Waals surface area contributed by atoms with E-state index >= 15 is 0 Å². The van der Waals surface area contributed by atoms with E-state index in [1.54, 1.807) is 0 Å². The Kier molecular flexibility index (Phi) is 4.81. The maximum absolute atomic E-state index is 13.3. The molecule has 0 fully saturated rings. The Bertz CT molecular complexity index is 438. The van der Waals surface area contributed by atoms with Crippen LogP contribution in [-0.4, -0.2) is 10.9 Å². The van der Waals surface area contributed by atoms with Gasteiger partial charge in [0.2, 0.25) is 0 Å². The van der Waals surface area contributed by atoms with Crippen LogP contribution in [0.3, 0.4) is 0 Å². The molecule has 0 saturated heterocycles. The fourth-order valence-electron chi connectivity index (χ4n) is 1.34. The van der Waals surface area contributed by atoms with Gasteiger partial charge in [-0.15, -0.1) is 0 Å². The molecule has 0 aliphatic rings. The predicted molar refractivity (Wildman–Crippen MR) is 61.7 cm³/mol. The molecular formula is C12H14F4N2. The van der Waals surface area contributed by atoms with E-state index in [2.05, 4.69) is 9.98 Å². The first-order valence-electron chi connectivity index (χ1n) is 5.62. The summed E-state index contributed by atoms with van der Waals surface area (Å²) in [6.07, 6.45) is -2.82. The highest BCUT2D eigenvalue weighted by Gasteiger charge is 2.32. The first-order chi connectivity index (χ1) is 8.34. The van der Waals surface area contributed by atoms with Gasteiger partial charge in [-0.25, -0.2) is 9.98 Å². The number of hydrogen-bond acceptors (Lipinski definition) is 2. The highest BCUT2D eigenvalue weighted by molar-refractivity contribution is 5.78. The highest BCUT2D eigenvalue weighted by Crippen LogP contribution is 2.30. The fourth-order valence-corrected chi connectivity index (χ4v) is 1.34. The molecule has 0 saturated carbocycles. The van der Waals surface area contributed by atoms with Crippen molar-refractivity contribution in [2.75, 3.05) is 0 Å². The molecule has 1 aromatic rings. The van der Waals surface area contributed by atoms with E-state index in [0.29, 0.717) is 6.42 Å². The van der Waals surface area contributed by atoms with Gasteiger partial charge in [-0.1, -0.05) is 13.3 Å². The van der Waals surface area contributed by atoms with Gasteiger partial charge >= 0.3 is 6.18 Å². The van der Waals surface area contributed by atoms with Crippen molar-refractivity contribution >= 4 is 11.7 Å². The van der Waals surface area contributed by atoms with Crippen molar-refractivity contribution in [3.05, 3.63) is 23.5 Å². The number of pyridine rings is 1. The zero-order valence-corrected chi connectivity index (χ0v) is 10.2. The average Bonchev–Trinajstić information content (AvgIpc) is 2.27. The summed E-state index contributed by atoms with van der Waals surface area (Å²) in [6, 6.07) is 1.94. The van der Waals surface area contributed by atoms with Gasteiger partial charge in [-0.05, 0) is 25.5 Å². The van der Waals surface area contributed by atoms with Gasteiger partial charge in [0, 0.05) is 6.42 Å². The van der Waals surface area contributed by atoms with Crippen molar-refractivity contribution in [2.45, 2.75) is 39.3 Å². The quantitative estimate of drug-likeness (QED) is 0.575. The summed E-state index contributed by atoms with van der Waals surface area (Å²) in [7, 11) is 0. The summed E-state index contributed by atoms with van der Waals surface area (Å²) in [5.74, 6) is -0.582. The molecule has 0 aliphatic carbocycles. The Morgan fingerprint density at radius 1 is 1.33 bits per heavy atom. The molecule has 0 atom stereocenters. The van der Waals surface area contributed by atoms with E-state index in [1.165, 1.54) is 6.92 Å². The SMILES string of the molecule is CCCCC(F)=Nc1ccc(C(F)(F)F)nc1C. The Balaban J connectivity index is 2.93. The van der Waals surface area contributed by atoms with Crippen molar-refractivity contribution in [3.63, 3.8) is 0 Å². The third kappa shape index (κ3) is 4.09. The van der Waals surface area contributed by atoms with Gasteiger partial charge in [-0.3, -0.25) is 0 Å². The summed E-state index contributed by atoms with van der Waals surface area (Å²) < 4.78 is 50.4. The third-order valence-electron chi connectivity index (χ3n) is 2.33. The van der Waals surface area contributed by atoms with Crippen LogP contribution in [0.15, 0.2) is 17.1 Å². The smallest absolute Gasteiger partial charge is 0.246 e. The number of unbranched alkanes of at least 4 members (excludes halogenated alkanes) is 1. The monoisotopic (exact) mass is 262 g/mol. The lowest BCUT2D eigenvalue weighted by atomic mass is 10.2. The first-order valence-corrected chi connectivity index (χ1v) is 5.62. The van der Waals surface area contributed by atoms with Crippen molar-refractivity contribution in [3.8, 4) is 0 Å². The lowest BCUT2D eigenvalue weighted by Gasteiger charge is -2.07. The van der Waals surface area contributed by atoms with Crippen LogP contribution in [0.5, 0.6) is 0 Å². The Morgan fingerprint density at radius 2 is 2.00 bits per heavy atom. The molecule has 0 aromatic carbocycles. The molecule has 0 amide bonds. The number of aryl methyl sites for hydroxylation is 1. The van der Waals surface area contributed by atoms with E-state index in [9.17, 15) is 17.6 Å². The normalized spacial score (nSPS) is 12.9. The highest BCUT2D eigenvalue weighted by atomic mass is 19.4. The largest absolute Gasteiger partial charge is 0.433 e. The van der Waals surface area contributed by atoms with Gasteiger partial charge in [0.05, 0.1) is 11.4 Å². The van der Waals surface area contributed by atoms with Crippen LogP contribution in [0.25, 0.3) is 0 Å². The molecule has 0 aliphatic heterocycles. The van der Waals surface area contributed by atoms with Gasteiger partial charge in [0.1, 0.15) is 5.69 Å². The molecule has 0 spiro atoms. The van der Waals surface area contributed by atoms with Crippen molar-refractivity contribution in [1.29, 1.82) is 0 Å². The second kappa shape index (κ2) is 5.93. The fraction of sp³-hybridized carbons (Fsp3) is 0.500. The molecule has 0 N–H and O–H groups in total. The Labute approximate surface area is 103 Å². The molecule has 1 aromatic heterocycles. The number of alkyl halides is 3. The van der Waals surface area contributed by atoms with E-state index in [1.807, 2.05) is 6.92 Å².